The van der Waals surface area contributed by atoms with Gasteiger partial charge in [-0.25, -0.2) is 12.7 Å². The van der Waals surface area contributed by atoms with Crippen LogP contribution in [0.3, 0.4) is 0 Å². The van der Waals surface area contributed by atoms with Gasteiger partial charge in [0.05, 0.1) is 7.11 Å². The van der Waals surface area contributed by atoms with E-state index in [1.54, 1.807) is 36.4 Å². The Morgan fingerprint density at radius 2 is 1.56 bits per heavy atom. The number of anilines is 1. The van der Waals surface area contributed by atoms with E-state index in [2.05, 4.69) is 10.6 Å². The van der Waals surface area contributed by atoms with E-state index in [-0.39, 0.29) is 28.7 Å². The van der Waals surface area contributed by atoms with Crippen molar-refractivity contribution in [1.82, 2.24) is 9.62 Å². The second kappa shape index (κ2) is 11.0. The molecule has 0 heterocycles. The first-order chi connectivity index (χ1) is 16.2. The molecule has 3 aromatic rings. The number of carbonyl (C=O) groups excluding carboxylic acids is 2. The number of amides is 2. The molecule has 0 aliphatic carbocycles. The molecule has 0 fully saturated rings. The summed E-state index contributed by atoms with van der Waals surface area (Å²) in [6.45, 7) is 0. The highest BCUT2D eigenvalue weighted by Crippen LogP contribution is 2.29. The van der Waals surface area contributed by atoms with Gasteiger partial charge in [0.2, 0.25) is 15.9 Å². The SMILES string of the molecule is COc1ccc(NC(=O)C(Cc2ccccc2)NC(=O)c2ccccc2)cc1S(=O)(=O)N(C)C. The highest BCUT2D eigenvalue weighted by Gasteiger charge is 2.25. The largest absolute Gasteiger partial charge is 0.495 e. The van der Waals surface area contributed by atoms with Gasteiger partial charge in [-0.3, -0.25) is 9.59 Å². The Balaban J connectivity index is 1.88. The molecule has 3 rings (SSSR count). The number of nitrogens with zero attached hydrogens (tertiary/aromatic N) is 1. The Morgan fingerprint density at radius 1 is 0.941 bits per heavy atom. The van der Waals surface area contributed by atoms with Gasteiger partial charge in [-0.15, -0.1) is 0 Å². The lowest BCUT2D eigenvalue weighted by molar-refractivity contribution is -0.118. The van der Waals surface area contributed by atoms with E-state index < -0.39 is 22.0 Å². The maximum atomic E-state index is 13.2. The Labute approximate surface area is 199 Å². The van der Waals surface area contributed by atoms with E-state index in [1.165, 1.54) is 33.3 Å². The minimum atomic E-state index is -3.81. The van der Waals surface area contributed by atoms with Crippen LogP contribution in [-0.4, -0.2) is 51.8 Å². The predicted octanol–water partition coefficient (Wildman–Crippen LogP) is 2.93. The summed E-state index contributed by atoms with van der Waals surface area (Å²) < 4.78 is 31.7. The number of carbonyl (C=O) groups is 2. The zero-order valence-corrected chi connectivity index (χ0v) is 20.0. The van der Waals surface area contributed by atoms with Gasteiger partial charge in [0.1, 0.15) is 16.7 Å². The lowest BCUT2D eigenvalue weighted by Gasteiger charge is -2.20. The normalized spacial score (nSPS) is 12.1. The van der Waals surface area contributed by atoms with Crippen molar-refractivity contribution in [2.24, 2.45) is 0 Å². The molecule has 0 bridgehead atoms. The third-order valence-electron chi connectivity index (χ3n) is 5.13. The Hall–Kier alpha value is -3.69. The first kappa shape index (κ1) is 24.9. The Kier molecular flexibility index (Phi) is 8.04. The predicted molar refractivity (Wildman–Crippen MR) is 130 cm³/mol. The second-order valence-corrected chi connectivity index (χ2v) is 9.84. The van der Waals surface area contributed by atoms with Crippen LogP contribution in [0.15, 0.2) is 83.8 Å². The molecule has 1 unspecified atom stereocenters. The monoisotopic (exact) mass is 481 g/mol. The fourth-order valence-electron chi connectivity index (χ4n) is 3.27. The molecule has 2 N–H and O–H groups in total. The molecule has 3 aromatic carbocycles. The zero-order chi connectivity index (χ0) is 24.7. The molecule has 0 aromatic heterocycles. The average molecular weight is 482 g/mol. The number of nitrogens with one attached hydrogen (secondary N) is 2. The lowest BCUT2D eigenvalue weighted by atomic mass is 10.0. The summed E-state index contributed by atoms with van der Waals surface area (Å²) >= 11 is 0. The first-order valence-electron chi connectivity index (χ1n) is 10.5. The van der Waals surface area contributed by atoms with Crippen molar-refractivity contribution in [1.29, 1.82) is 0 Å². The van der Waals surface area contributed by atoms with Crippen molar-refractivity contribution in [2.45, 2.75) is 17.4 Å². The fourth-order valence-corrected chi connectivity index (χ4v) is 4.35. The summed E-state index contributed by atoms with van der Waals surface area (Å²) in [7, 11) is 0.381. The number of methoxy groups -OCH3 is 1. The molecule has 0 saturated heterocycles. The van der Waals surface area contributed by atoms with Gasteiger partial charge in [-0.05, 0) is 35.9 Å². The van der Waals surface area contributed by atoms with Crippen molar-refractivity contribution in [3.63, 3.8) is 0 Å². The van der Waals surface area contributed by atoms with E-state index >= 15 is 0 Å². The Morgan fingerprint density at radius 3 is 2.15 bits per heavy atom. The smallest absolute Gasteiger partial charge is 0.251 e. The van der Waals surface area contributed by atoms with Crippen LogP contribution in [0.2, 0.25) is 0 Å². The summed E-state index contributed by atoms with van der Waals surface area (Å²) in [5, 5.41) is 5.51. The maximum absolute atomic E-state index is 13.2. The van der Waals surface area contributed by atoms with Gasteiger partial charge in [-0.1, -0.05) is 48.5 Å². The molecule has 0 saturated carbocycles. The summed E-state index contributed by atoms with van der Waals surface area (Å²) in [4.78, 5) is 25.9. The van der Waals surface area contributed by atoms with Gasteiger partial charge in [-0.2, -0.15) is 0 Å². The van der Waals surface area contributed by atoms with Crippen LogP contribution in [0, 0.1) is 0 Å². The minimum absolute atomic E-state index is 0.0780. The van der Waals surface area contributed by atoms with Crippen LogP contribution in [0.5, 0.6) is 5.75 Å². The van der Waals surface area contributed by atoms with Gasteiger partial charge in [0.25, 0.3) is 5.91 Å². The third-order valence-corrected chi connectivity index (χ3v) is 6.97. The molecule has 2 amide bonds. The molecule has 0 aliphatic heterocycles. The molecule has 178 valence electrons. The minimum Gasteiger partial charge on any atom is -0.495 e. The highest BCUT2D eigenvalue weighted by atomic mass is 32.2. The fraction of sp³-hybridized carbons (Fsp3) is 0.200. The van der Waals surface area contributed by atoms with Crippen LogP contribution in [0.1, 0.15) is 15.9 Å². The molecule has 9 heteroatoms. The summed E-state index contributed by atoms with van der Waals surface area (Å²) in [5.41, 5.74) is 1.55. The van der Waals surface area contributed by atoms with Crippen LogP contribution in [-0.2, 0) is 21.2 Å². The van der Waals surface area contributed by atoms with Crippen LogP contribution in [0.4, 0.5) is 5.69 Å². The first-order valence-corrected chi connectivity index (χ1v) is 12.0. The number of hydrogen-bond donors (Lipinski definition) is 2. The number of benzene rings is 3. The van der Waals surface area contributed by atoms with Crippen molar-refractivity contribution < 1.29 is 22.7 Å². The summed E-state index contributed by atoms with van der Waals surface area (Å²) in [6.07, 6.45) is 0.254. The number of sulfonamides is 1. The quantitative estimate of drug-likeness (QED) is 0.489. The van der Waals surface area contributed by atoms with Crippen LogP contribution in [0.25, 0.3) is 0 Å². The molecular formula is C25H27N3O5S. The van der Waals surface area contributed by atoms with Crippen molar-refractivity contribution in [3.8, 4) is 5.75 Å². The van der Waals surface area contributed by atoms with Gasteiger partial charge >= 0.3 is 0 Å². The number of ether oxygens (including phenoxy) is 1. The number of rotatable bonds is 9. The highest BCUT2D eigenvalue weighted by molar-refractivity contribution is 7.89. The Bertz CT molecular complexity index is 1250. The topological polar surface area (TPSA) is 105 Å². The van der Waals surface area contributed by atoms with Crippen LogP contribution < -0.4 is 15.4 Å². The van der Waals surface area contributed by atoms with E-state index in [0.29, 0.717) is 5.56 Å². The molecule has 1 atom stereocenters. The second-order valence-electron chi connectivity index (χ2n) is 7.72. The maximum Gasteiger partial charge on any atom is 0.251 e. The average Bonchev–Trinajstić information content (AvgIpc) is 2.84. The van der Waals surface area contributed by atoms with Gasteiger partial charge in [0, 0.05) is 31.8 Å². The standard InChI is InChI=1S/C25H27N3O5S/c1-28(2)34(31,32)23-17-20(14-15-22(23)33-3)26-25(30)21(16-18-10-6-4-7-11-18)27-24(29)19-12-8-5-9-13-19/h4-15,17,21H,16H2,1-3H3,(H,26,30)(H,27,29). The summed E-state index contributed by atoms with van der Waals surface area (Å²) in [6, 6.07) is 21.4. The van der Waals surface area contributed by atoms with E-state index in [4.69, 9.17) is 4.74 Å². The van der Waals surface area contributed by atoms with E-state index in [0.717, 1.165) is 9.87 Å². The number of hydrogen-bond acceptors (Lipinski definition) is 5. The van der Waals surface area contributed by atoms with Crippen molar-refractivity contribution >= 4 is 27.5 Å². The third kappa shape index (κ3) is 6.00. The molecule has 0 radical (unpaired) electrons. The molecule has 8 nitrogen and oxygen atoms in total. The lowest BCUT2D eigenvalue weighted by Crippen LogP contribution is -2.45. The van der Waals surface area contributed by atoms with Crippen molar-refractivity contribution in [3.05, 3.63) is 90.0 Å². The molecule has 34 heavy (non-hydrogen) atoms. The van der Waals surface area contributed by atoms with Gasteiger partial charge in [0.15, 0.2) is 0 Å². The molecule has 0 spiro atoms. The van der Waals surface area contributed by atoms with E-state index in [9.17, 15) is 18.0 Å². The molecular weight excluding hydrogens is 454 g/mol. The van der Waals surface area contributed by atoms with E-state index in [1.807, 2.05) is 30.3 Å². The van der Waals surface area contributed by atoms with Crippen LogP contribution >= 0.6 is 0 Å². The van der Waals surface area contributed by atoms with Gasteiger partial charge < -0.3 is 15.4 Å². The molecule has 0 aliphatic rings. The summed E-state index contributed by atoms with van der Waals surface area (Å²) in [5.74, 6) is -0.710. The zero-order valence-electron chi connectivity index (χ0n) is 19.2. The van der Waals surface area contributed by atoms with Crippen molar-refractivity contribution in [2.75, 3.05) is 26.5 Å².